The predicted molar refractivity (Wildman–Crippen MR) is 116 cm³/mol. The number of benzene rings is 1. The summed E-state index contributed by atoms with van der Waals surface area (Å²) in [6, 6.07) is 11.0. The largest absolute Gasteiger partial charge is 0.470 e. The van der Waals surface area contributed by atoms with E-state index in [0.717, 1.165) is 37.6 Å². The van der Waals surface area contributed by atoms with Crippen LogP contribution in [0.4, 0.5) is 24.5 Å². The minimum atomic E-state index is -4.71. The van der Waals surface area contributed by atoms with Crippen molar-refractivity contribution in [3.8, 4) is 11.5 Å². The monoisotopic (exact) mass is 460 g/mol. The molecule has 0 radical (unpaired) electrons. The summed E-state index contributed by atoms with van der Waals surface area (Å²) in [5.74, 6) is -1.84. The molecule has 11 heteroatoms. The Morgan fingerprint density at radius 1 is 1.12 bits per heavy atom. The van der Waals surface area contributed by atoms with E-state index in [1.807, 2.05) is 24.3 Å². The summed E-state index contributed by atoms with van der Waals surface area (Å²) in [4.78, 5) is 22.8. The molecule has 1 saturated heterocycles. The normalized spacial score (nSPS) is 15.0. The van der Waals surface area contributed by atoms with Gasteiger partial charge in [-0.15, -0.1) is 10.2 Å². The van der Waals surface area contributed by atoms with Crippen LogP contribution in [0.25, 0.3) is 11.5 Å². The third-order valence-corrected chi connectivity index (χ3v) is 5.45. The predicted octanol–water partition coefficient (Wildman–Crippen LogP) is 3.46. The summed E-state index contributed by atoms with van der Waals surface area (Å²) < 4.78 is 42.7. The lowest BCUT2D eigenvalue weighted by molar-refractivity contribution is -0.156. The number of anilines is 2. The lowest BCUT2D eigenvalue weighted by Gasteiger charge is -2.34. The van der Waals surface area contributed by atoms with E-state index in [2.05, 4.69) is 36.4 Å². The van der Waals surface area contributed by atoms with Gasteiger partial charge in [0.2, 0.25) is 11.8 Å². The van der Waals surface area contributed by atoms with Gasteiger partial charge in [0.15, 0.2) is 0 Å². The van der Waals surface area contributed by atoms with Crippen molar-refractivity contribution in [1.82, 2.24) is 20.1 Å². The molecule has 2 aromatic heterocycles. The van der Waals surface area contributed by atoms with Gasteiger partial charge >= 0.3 is 12.1 Å². The van der Waals surface area contributed by atoms with Gasteiger partial charge in [-0.3, -0.25) is 9.78 Å². The van der Waals surface area contributed by atoms with Gasteiger partial charge in [0.05, 0.1) is 17.8 Å². The van der Waals surface area contributed by atoms with Crippen LogP contribution in [-0.2, 0) is 17.5 Å². The summed E-state index contributed by atoms with van der Waals surface area (Å²) >= 11 is 0. The summed E-state index contributed by atoms with van der Waals surface area (Å²) in [5.41, 5.74) is 2.62. The first-order chi connectivity index (χ1) is 15.7. The maximum absolute atomic E-state index is 12.7. The van der Waals surface area contributed by atoms with Crippen molar-refractivity contribution in [3.63, 3.8) is 0 Å². The maximum atomic E-state index is 12.7. The number of rotatable bonds is 5. The minimum absolute atomic E-state index is 0.150. The molecule has 0 saturated carbocycles. The van der Waals surface area contributed by atoms with Gasteiger partial charge in [0.1, 0.15) is 0 Å². The van der Waals surface area contributed by atoms with E-state index in [1.165, 1.54) is 19.2 Å². The first kappa shape index (κ1) is 22.7. The third-order valence-electron chi connectivity index (χ3n) is 5.45. The van der Waals surface area contributed by atoms with Gasteiger partial charge in [0.25, 0.3) is 0 Å². The zero-order valence-corrected chi connectivity index (χ0v) is 18.2. The molecule has 1 aliphatic rings. The lowest BCUT2D eigenvalue weighted by Crippen LogP contribution is -2.44. The van der Waals surface area contributed by atoms with Crippen LogP contribution in [0, 0.1) is 0 Å². The molecule has 8 nitrogen and oxygen atoms in total. The molecule has 4 rings (SSSR count). The van der Waals surface area contributed by atoms with E-state index in [1.54, 1.807) is 11.0 Å². The van der Waals surface area contributed by atoms with E-state index < -0.39 is 12.1 Å². The Bertz CT molecular complexity index is 1110. The highest BCUT2D eigenvalue weighted by Crippen LogP contribution is 2.30. The Kier molecular flexibility index (Phi) is 6.32. The van der Waals surface area contributed by atoms with Crippen LogP contribution in [-0.4, -0.2) is 59.2 Å². The van der Waals surface area contributed by atoms with Crippen molar-refractivity contribution in [3.05, 3.63) is 54.2 Å². The van der Waals surface area contributed by atoms with E-state index in [0.29, 0.717) is 5.69 Å². The number of alkyl halides is 3. The number of hydrogen-bond donors (Lipinski definition) is 0. The lowest BCUT2D eigenvalue weighted by atomic mass is 10.2. The summed E-state index contributed by atoms with van der Waals surface area (Å²) in [5, 5.41) is 6.45. The fourth-order valence-electron chi connectivity index (χ4n) is 3.57. The Hall–Kier alpha value is -3.47. The highest BCUT2D eigenvalue weighted by molar-refractivity contribution is 5.91. The van der Waals surface area contributed by atoms with E-state index in [9.17, 15) is 18.0 Å². The number of piperazine rings is 1. The van der Waals surface area contributed by atoms with Crippen LogP contribution >= 0.6 is 0 Å². The average molecular weight is 460 g/mol. The van der Waals surface area contributed by atoms with Gasteiger partial charge in [-0.25, -0.2) is 0 Å². The van der Waals surface area contributed by atoms with E-state index in [-0.39, 0.29) is 23.9 Å². The molecular formula is C22H23F3N6O2. The Balaban J connectivity index is 1.50. The summed E-state index contributed by atoms with van der Waals surface area (Å²) in [7, 11) is 2.09. The van der Waals surface area contributed by atoms with Crippen LogP contribution in [0.1, 0.15) is 18.5 Å². The first-order valence-corrected chi connectivity index (χ1v) is 10.4. The van der Waals surface area contributed by atoms with Gasteiger partial charge in [-0.2, -0.15) is 13.2 Å². The molecule has 0 spiro atoms. The third kappa shape index (κ3) is 5.30. The van der Waals surface area contributed by atoms with Crippen molar-refractivity contribution in [2.75, 3.05) is 43.0 Å². The molecule has 0 N–H and O–H groups in total. The first-order valence-electron chi connectivity index (χ1n) is 10.4. The highest BCUT2D eigenvalue weighted by atomic mass is 19.4. The molecule has 174 valence electrons. The second-order valence-electron chi connectivity index (χ2n) is 7.86. The number of pyridine rings is 1. The van der Waals surface area contributed by atoms with Gasteiger partial charge in [-0.05, 0) is 37.4 Å². The van der Waals surface area contributed by atoms with Crippen molar-refractivity contribution in [1.29, 1.82) is 0 Å². The number of likely N-dealkylation sites (N-methyl/N-ethyl adjacent to an activating group) is 1. The molecule has 33 heavy (non-hydrogen) atoms. The number of carbonyl (C=O) groups excluding carboxylic acids is 1. The van der Waals surface area contributed by atoms with Crippen molar-refractivity contribution >= 4 is 17.3 Å². The Labute approximate surface area is 188 Å². The zero-order chi connectivity index (χ0) is 23.6. The fraction of sp³-hybridized carbons (Fsp3) is 0.364. The molecule has 0 unspecified atom stereocenters. The molecule has 1 amide bonds. The molecule has 3 aromatic rings. The number of aromatic nitrogens is 3. The van der Waals surface area contributed by atoms with Crippen LogP contribution < -0.4 is 9.80 Å². The fourth-order valence-corrected chi connectivity index (χ4v) is 3.57. The summed E-state index contributed by atoms with van der Waals surface area (Å²) in [6.07, 6.45) is -3.36. The Morgan fingerprint density at radius 2 is 1.88 bits per heavy atom. The molecule has 1 fully saturated rings. The van der Waals surface area contributed by atoms with Crippen LogP contribution in [0.5, 0.6) is 0 Å². The van der Waals surface area contributed by atoms with Gasteiger partial charge in [0, 0.05) is 50.7 Å². The van der Waals surface area contributed by atoms with Crippen molar-refractivity contribution in [2.45, 2.75) is 19.6 Å². The maximum Gasteiger partial charge on any atom is 0.470 e. The van der Waals surface area contributed by atoms with Crippen LogP contribution in [0.15, 0.2) is 47.0 Å². The second kappa shape index (κ2) is 9.18. The molecule has 0 bridgehead atoms. The summed E-state index contributed by atoms with van der Waals surface area (Å²) in [6.45, 7) is 5.46. The number of halogens is 3. The van der Waals surface area contributed by atoms with E-state index in [4.69, 9.17) is 0 Å². The standard InChI is InChI=1S/C22H23F3N6O2/c1-15(32)31(19-5-3-4-18(12-19)30-10-8-29(2)9-11-30)14-17-7-6-16(13-26-17)20-27-28-21(33-20)22(23,24)25/h3-7,12-13H,8-11,14H2,1-2H3. The molecule has 0 aliphatic carbocycles. The number of amides is 1. The molecule has 3 heterocycles. The Morgan fingerprint density at radius 3 is 2.48 bits per heavy atom. The smallest absolute Gasteiger partial charge is 0.413 e. The number of nitrogens with zero attached hydrogens (tertiary/aromatic N) is 6. The average Bonchev–Trinajstić information content (AvgIpc) is 3.29. The molecule has 1 aromatic carbocycles. The highest BCUT2D eigenvalue weighted by Gasteiger charge is 2.38. The molecule has 0 atom stereocenters. The topological polar surface area (TPSA) is 78.6 Å². The molecule has 1 aliphatic heterocycles. The van der Waals surface area contributed by atoms with Crippen molar-refractivity contribution < 1.29 is 22.4 Å². The van der Waals surface area contributed by atoms with Crippen LogP contribution in [0.2, 0.25) is 0 Å². The van der Waals surface area contributed by atoms with Crippen molar-refractivity contribution in [2.24, 2.45) is 0 Å². The number of hydrogen-bond acceptors (Lipinski definition) is 7. The van der Waals surface area contributed by atoms with Gasteiger partial charge in [-0.1, -0.05) is 6.07 Å². The quantitative estimate of drug-likeness (QED) is 0.577. The number of carbonyl (C=O) groups is 1. The zero-order valence-electron chi connectivity index (χ0n) is 18.2. The van der Waals surface area contributed by atoms with E-state index >= 15 is 0 Å². The molecular weight excluding hydrogens is 437 g/mol. The second-order valence-corrected chi connectivity index (χ2v) is 7.86. The van der Waals surface area contributed by atoms with Crippen LogP contribution in [0.3, 0.4) is 0 Å². The van der Waals surface area contributed by atoms with Gasteiger partial charge < -0.3 is 19.1 Å². The SMILES string of the molecule is CC(=O)N(Cc1ccc(-c2nnc(C(F)(F)F)o2)cn1)c1cccc(N2CCN(C)CC2)c1. The minimum Gasteiger partial charge on any atom is -0.413 e.